The number of carbonyl (C=O) groups is 1. The van der Waals surface area contributed by atoms with E-state index in [-0.39, 0.29) is 24.3 Å². The van der Waals surface area contributed by atoms with E-state index in [0.29, 0.717) is 17.0 Å². The Morgan fingerprint density at radius 1 is 1.21 bits per heavy atom. The summed E-state index contributed by atoms with van der Waals surface area (Å²) in [5.74, 6) is 0.152. The molecule has 0 bridgehead atoms. The molecule has 0 aliphatic carbocycles. The molecule has 144 valence electrons. The number of nitrogens with zero attached hydrogens (tertiary/aromatic N) is 2. The summed E-state index contributed by atoms with van der Waals surface area (Å²) >= 11 is 0. The molecule has 0 saturated carbocycles. The van der Waals surface area contributed by atoms with E-state index in [1.807, 2.05) is 13.0 Å². The van der Waals surface area contributed by atoms with Crippen molar-refractivity contribution < 1.29 is 13.7 Å². The molecule has 3 aromatic rings. The summed E-state index contributed by atoms with van der Waals surface area (Å²) in [5.41, 5.74) is 3.83. The van der Waals surface area contributed by atoms with Gasteiger partial charge in [-0.2, -0.15) is 0 Å². The van der Waals surface area contributed by atoms with Crippen molar-refractivity contribution in [3.05, 3.63) is 77.3 Å². The van der Waals surface area contributed by atoms with E-state index in [1.165, 1.54) is 23.3 Å². The van der Waals surface area contributed by atoms with Crippen molar-refractivity contribution in [2.24, 2.45) is 0 Å². The summed E-state index contributed by atoms with van der Waals surface area (Å²) in [7, 11) is 0. The highest BCUT2D eigenvalue weighted by molar-refractivity contribution is 5.81. The molecule has 5 nitrogen and oxygen atoms in total. The molecule has 1 amide bonds. The van der Waals surface area contributed by atoms with Crippen LogP contribution in [0.1, 0.15) is 23.8 Å². The van der Waals surface area contributed by atoms with Crippen LogP contribution in [0.5, 0.6) is 0 Å². The molecule has 0 fully saturated rings. The second kappa shape index (κ2) is 7.94. The first-order valence-corrected chi connectivity index (χ1v) is 9.40. The van der Waals surface area contributed by atoms with E-state index < -0.39 is 0 Å². The van der Waals surface area contributed by atoms with Gasteiger partial charge in [0.2, 0.25) is 5.91 Å². The Kier molecular flexibility index (Phi) is 5.21. The van der Waals surface area contributed by atoms with Crippen molar-refractivity contribution in [1.82, 2.24) is 15.4 Å². The number of aromatic nitrogens is 1. The smallest absolute Gasteiger partial charge is 0.237 e. The molecule has 2 heterocycles. The van der Waals surface area contributed by atoms with E-state index in [9.17, 15) is 9.18 Å². The molecule has 1 N–H and O–H groups in total. The Bertz CT molecular complexity index is 985. The number of hydrogen-bond acceptors (Lipinski definition) is 4. The van der Waals surface area contributed by atoms with Crippen LogP contribution in [0.3, 0.4) is 0 Å². The minimum atomic E-state index is -0.327. The summed E-state index contributed by atoms with van der Waals surface area (Å²) < 4.78 is 18.6. The third-order valence-electron chi connectivity index (χ3n) is 5.20. The minimum absolute atomic E-state index is 0.0527. The number of rotatable bonds is 5. The first kappa shape index (κ1) is 18.4. The van der Waals surface area contributed by atoms with Crippen molar-refractivity contribution in [2.75, 3.05) is 6.54 Å². The summed E-state index contributed by atoms with van der Waals surface area (Å²) in [5, 5.41) is 6.87. The second-order valence-electron chi connectivity index (χ2n) is 7.07. The van der Waals surface area contributed by atoms with Gasteiger partial charge in [-0.15, -0.1) is 0 Å². The van der Waals surface area contributed by atoms with Gasteiger partial charge >= 0.3 is 0 Å². The number of fused-ring (bicyclic) bond motifs is 1. The molecule has 0 spiro atoms. The van der Waals surface area contributed by atoms with Crippen LogP contribution in [0.15, 0.2) is 59.1 Å². The van der Waals surface area contributed by atoms with Gasteiger partial charge in [-0.1, -0.05) is 41.6 Å². The van der Waals surface area contributed by atoms with E-state index >= 15 is 0 Å². The fourth-order valence-electron chi connectivity index (χ4n) is 3.52. The van der Waals surface area contributed by atoms with Gasteiger partial charge in [0.25, 0.3) is 0 Å². The Balaban J connectivity index is 1.34. The zero-order valence-electron chi connectivity index (χ0n) is 15.7. The average molecular weight is 379 g/mol. The highest BCUT2D eigenvalue weighted by Gasteiger charge is 2.25. The Labute approximate surface area is 163 Å². The summed E-state index contributed by atoms with van der Waals surface area (Å²) in [4.78, 5) is 14.8. The quantitative estimate of drug-likeness (QED) is 0.737. The van der Waals surface area contributed by atoms with Crippen LogP contribution < -0.4 is 5.32 Å². The van der Waals surface area contributed by atoms with E-state index in [2.05, 4.69) is 33.6 Å². The number of nitrogens with one attached hydrogen (secondary N) is 1. The van der Waals surface area contributed by atoms with Gasteiger partial charge in [0.05, 0.1) is 12.6 Å². The number of benzene rings is 2. The van der Waals surface area contributed by atoms with Gasteiger partial charge < -0.3 is 9.84 Å². The molecule has 0 radical (unpaired) electrons. The molecular formula is C22H22FN3O2. The van der Waals surface area contributed by atoms with Gasteiger partial charge in [0.15, 0.2) is 5.76 Å². The van der Waals surface area contributed by atoms with Gasteiger partial charge in [-0.3, -0.25) is 9.69 Å². The Hall–Kier alpha value is -2.99. The Morgan fingerprint density at radius 2 is 2.04 bits per heavy atom. The monoisotopic (exact) mass is 379 g/mol. The molecule has 0 unspecified atom stereocenters. The molecule has 2 aromatic carbocycles. The first-order valence-electron chi connectivity index (χ1n) is 9.40. The zero-order chi connectivity index (χ0) is 19.5. The second-order valence-corrected chi connectivity index (χ2v) is 7.07. The number of hydrogen-bond donors (Lipinski definition) is 1. The van der Waals surface area contributed by atoms with E-state index in [4.69, 9.17) is 4.52 Å². The van der Waals surface area contributed by atoms with Crippen LogP contribution in [0.2, 0.25) is 0 Å². The van der Waals surface area contributed by atoms with Crippen LogP contribution in [0, 0.1) is 5.82 Å². The molecular weight excluding hydrogens is 357 g/mol. The molecule has 0 saturated heterocycles. The lowest BCUT2D eigenvalue weighted by molar-refractivity contribution is -0.126. The molecule has 1 aromatic heterocycles. The van der Waals surface area contributed by atoms with Crippen LogP contribution in [0.25, 0.3) is 11.3 Å². The highest BCUT2D eigenvalue weighted by Crippen LogP contribution is 2.21. The first-order chi connectivity index (χ1) is 13.6. The normalized spacial score (nSPS) is 15.1. The summed E-state index contributed by atoms with van der Waals surface area (Å²) in [6.45, 7) is 3.80. The third kappa shape index (κ3) is 3.97. The summed E-state index contributed by atoms with van der Waals surface area (Å²) in [6, 6.07) is 16.0. The van der Waals surface area contributed by atoms with Crippen molar-refractivity contribution in [3.8, 4) is 11.3 Å². The average Bonchev–Trinajstić information content (AvgIpc) is 3.20. The molecule has 28 heavy (non-hydrogen) atoms. The lowest BCUT2D eigenvalue weighted by atomic mass is 9.99. The number of amides is 1. The van der Waals surface area contributed by atoms with E-state index in [0.717, 1.165) is 19.5 Å². The lowest BCUT2D eigenvalue weighted by Gasteiger charge is -2.32. The van der Waals surface area contributed by atoms with Crippen LogP contribution in [-0.4, -0.2) is 28.6 Å². The van der Waals surface area contributed by atoms with Gasteiger partial charge in [-0.05, 0) is 36.6 Å². The fraction of sp³-hybridized carbons (Fsp3) is 0.273. The molecule has 1 atom stereocenters. The maximum Gasteiger partial charge on any atom is 0.237 e. The maximum atomic E-state index is 13.4. The van der Waals surface area contributed by atoms with Crippen molar-refractivity contribution in [2.45, 2.75) is 32.5 Å². The molecule has 1 aliphatic rings. The number of halogens is 1. The SMILES string of the molecule is C[C@H](C(=O)NCc1cc(-c2cccc(F)c2)no1)N1CCc2ccccc2C1. The van der Waals surface area contributed by atoms with Crippen molar-refractivity contribution in [3.63, 3.8) is 0 Å². The Morgan fingerprint density at radius 3 is 2.86 bits per heavy atom. The zero-order valence-corrected chi connectivity index (χ0v) is 15.7. The van der Waals surface area contributed by atoms with Gasteiger partial charge in [0, 0.05) is 24.7 Å². The van der Waals surface area contributed by atoms with E-state index in [1.54, 1.807) is 18.2 Å². The minimum Gasteiger partial charge on any atom is -0.359 e. The van der Waals surface area contributed by atoms with Gasteiger partial charge in [-0.25, -0.2) is 4.39 Å². The predicted octanol–water partition coefficient (Wildman–Crippen LogP) is 3.54. The van der Waals surface area contributed by atoms with Crippen LogP contribution in [0.4, 0.5) is 4.39 Å². The fourth-order valence-corrected chi connectivity index (χ4v) is 3.52. The molecule has 6 heteroatoms. The van der Waals surface area contributed by atoms with Crippen molar-refractivity contribution >= 4 is 5.91 Å². The number of carbonyl (C=O) groups excluding carboxylic acids is 1. The highest BCUT2D eigenvalue weighted by atomic mass is 19.1. The topological polar surface area (TPSA) is 58.4 Å². The molecule has 1 aliphatic heterocycles. The summed E-state index contributed by atoms with van der Waals surface area (Å²) in [6.07, 6.45) is 0.951. The maximum absolute atomic E-state index is 13.4. The third-order valence-corrected chi connectivity index (χ3v) is 5.20. The van der Waals surface area contributed by atoms with Gasteiger partial charge in [0.1, 0.15) is 11.5 Å². The van der Waals surface area contributed by atoms with Crippen molar-refractivity contribution in [1.29, 1.82) is 0 Å². The molecule has 4 rings (SSSR count). The predicted molar refractivity (Wildman–Crippen MR) is 104 cm³/mol. The van der Waals surface area contributed by atoms with Crippen LogP contribution in [-0.2, 0) is 24.3 Å². The lowest BCUT2D eigenvalue weighted by Crippen LogP contribution is -2.46. The largest absolute Gasteiger partial charge is 0.359 e. The standard InChI is InChI=1S/C22H22FN3O2/c1-15(26-10-9-16-5-2-3-6-18(16)14-26)22(27)24-13-20-12-21(25-28-20)17-7-4-8-19(23)11-17/h2-8,11-12,15H,9-10,13-14H2,1H3,(H,24,27)/t15-/m1/s1. The van der Waals surface area contributed by atoms with Crippen LogP contribution >= 0.6 is 0 Å².